The quantitative estimate of drug-likeness (QED) is 0.813. The van der Waals surface area contributed by atoms with Crippen LogP contribution in [-0.4, -0.2) is 22.3 Å². The van der Waals surface area contributed by atoms with E-state index in [2.05, 4.69) is 35.4 Å². The van der Waals surface area contributed by atoms with Crippen LogP contribution in [-0.2, 0) is 13.6 Å². The number of nitrogens with zero attached hydrogens (tertiary/aromatic N) is 1. The van der Waals surface area contributed by atoms with Crippen molar-refractivity contribution in [2.75, 3.05) is 6.61 Å². The number of aliphatic hydroxyl groups is 1. The van der Waals surface area contributed by atoms with Crippen molar-refractivity contribution in [3.63, 3.8) is 0 Å². The first-order valence-corrected chi connectivity index (χ1v) is 7.24. The topological polar surface area (TPSA) is 37.2 Å². The van der Waals surface area contributed by atoms with Gasteiger partial charge in [0.15, 0.2) is 0 Å². The minimum Gasteiger partial charge on any atom is -0.396 e. The lowest BCUT2D eigenvalue weighted by atomic mass is 9.82. The molecule has 1 aliphatic rings. The second kappa shape index (κ2) is 6.95. The Labute approximate surface area is 110 Å². The smallest absolute Gasteiger partial charge is 0.0445 e. The molecule has 18 heavy (non-hydrogen) atoms. The van der Waals surface area contributed by atoms with Crippen molar-refractivity contribution >= 4 is 0 Å². The fourth-order valence-electron chi connectivity index (χ4n) is 3.09. The van der Waals surface area contributed by atoms with E-state index in [4.69, 9.17) is 0 Å². The van der Waals surface area contributed by atoms with Gasteiger partial charge in [0.05, 0.1) is 0 Å². The molecule has 3 heteroatoms. The number of hydrogen-bond acceptors (Lipinski definition) is 2. The number of nitrogens with one attached hydrogen (secondary N) is 1. The summed E-state index contributed by atoms with van der Waals surface area (Å²) in [4.78, 5) is 0. The molecule has 1 fully saturated rings. The molecule has 102 valence electrons. The Hall–Kier alpha value is -0.800. The molecule has 0 aromatic carbocycles. The van der Waals surface area contributed by atoms with Gasteiger partial charge in [-0.3, -0.25) is 0 Å². The third kappa shape index (κ3) is 3.85. The van der Waals surface area contributed by atoms with Crippen molar-refractivity contribution in [2.24, 2.45) is 13.0 Å². The van der Waals surface area contributed by atoms with Gasteiger partial charge in [0.1, 0.15) is 0 Å². The van der Waals surface area contributed by atoms with E-state index in [0.29, 0.717) is 12.6 Å². The number of aromatic nitrogens is 1. The second-order valence-corrected chi connectivity index (χ2v) is 5.58. The van der Waals surface area contributed by atoms with Crippen molar-refractivity contribution in [3.8, 4) is 0 Å². The molecule has 1 aromatic rings. The first-order valence-electron chi connectivity index (χ1n) is 7.24. The van der Waals surface area contributed by atoms with Crippen molar-refractivity contribution < 1.29 is 5.11 Å². The summed E-state index contributed by atoms with van der Waals surface area (Å²) in [5.74, 6) is 0.759. The van der Waals surface area contributed by atoms with Gasteiger partial charge in [0.2, 0.25) is 0 Å². The molecule has 3 nitrogen and oxygen atoms in total. The minimum atomic E-state index is 0.295. The predicted molar refractivity (Wildman–Crippen MR) is 74.3 cm³/mol. The normalized spacial score (nSPS) is 19.0. The summed E-state index contributed by atoms with van der Waals surface area (Å²) in [5.41, 5.74) is 1.33. The molecule has 1 saturated carbocycles. The maximum Gasteiger partial charge on any atom is 0.0445 e. The Kier molecular flexibility index (Phi) is 5.26. The zero-order chi connectivity index (χ0) is 12.8. The highest BCUT2D eigenvalue weighted by Crippen LogP contribution is 2.27. The Bertz CT molecular complexity index is 342. The van der Waals surface area contributed by atoms with Crippen molar-refractivity contribution in [1.82, 2.24) is 9.88 Å². The van der Waals surface area contributed by atoms with Crippen molar-refractivity contribution in [1.29, 1.82) is 0 Å². The molecular weight excluding hydrogens is 224 g/mol. The van der Waals surface area contributed by atoms with Crippen LogP contribution < -0.4 is 5.32 Å². The highest BCUT2D eigenvalue weighted by molar-refractivity contribution is 5.09. The van der Waals surface area contributed by atoms with Gasteiger partial charge in [0.25, 0.3) is 0 Å². The minimum absolute atomic E-state index is 0.295. The third-order valence-electron chi connectivity index (χ3n) is 4.12. The van der Waals surface area contributed by atoms with Crippen LogP contribution >= 0.6 is 0 Å². The van der Waals surface area contributed by atoms with E-state index in [-0.39, 0.29) is 0 Å². The van der Waals surface area contributed by atoms with Gasteiger partial charge in [0, 0.05) is 38.6 Å². The molecule has 0 amide bonds. The molecule has 0 spiro atoms. The molecule has 0 radical (unpaired) electrons. The summed E-state index contributed by atoms with van der Waals surface area (Å²) in [6, 6.07) is 2.64. The molecule has 1 heterocycles. The highest BCUT2D eigenvalue weighted by Gasteiger charge is 2.22. The van der Waals surface area contributed by atoms with Gasteiger partial charge in [-0.2, -0.15) is 0 Å². The summed E-state index contributed by atoms with van der Waals surface area (Å²) in [6.07, 6.45) is 11.9. The summed E-state index contributed by atoms with van der Waals surface area (Å²) >= 11 is 0. The van der Waals surface area contributed by atoms with E-state index in [1.807, 2.05) is 0 Å². The Balaban J connectivity index is 1.85. The van der Waals surface area contributed by atoms with Gasteiger partial charge < -0.3 is 15.0 Å². The van der Waals surface area contributed by atoms with Crippen LogP contribution in [0, 0.1) is 5.92 Å². The molecule has 2 N–H and O–H groups in total. The van der Waals surface area contributed by atoms with E-state index in [9.17, 15) is 5.11 Å². The molecule has 1 aliphatic carbocycles. The van der Waals surface area contributed by atoms with Gasteiger partial charge in [-0.15, -0.1) is 0 Å². The first-order chi connectivity index (χ1) is 8.79. The summed E-state index contributed by atoms with van der Waals surface area (Å²) in [7, 11) is 2.05. The number of hydrogen-bond donors (Lipinski definition) is 2. The van der Waals surface area contributed by atoms with E-state index in [0.717, 1.165) is 18.9 Å². The van der Waals surface area contributed by atoms with Gasteiger partial charge in [-0.25, -0.2) is 0 Å². The molecule has 1 aromatic heterocycles. The maximum atomic E-state index is 9.22. The molecule has 0 aliphatic heterocycles. The zero-order valence-electron chi connectivity index (χ0n) is 11.4. The molecule has 0 saturated heterocycles. The average Bonchev–Trinajstić information content (AvgIpc) is 2.81. The standard InChI is InChI=1S/C15H26N2O/c1-17-9-7-13(12-17)11-16-15(8-10-18)14-5-3-2-4-6-14/h7,9,12,14-16,18H,2-6,8,10-11H2,1H3. The summed E-state index contributed by atoms with van der Waals surface area (Å²) in [6.45, 7) is 1.21. The zero-order valence-corrected chi connectivity index (χ0v) is 11.4. The lowest BCUT2D eigenvalue weighted by Gasteiger charge is -2.30. The monoisotopic (exact) mass is 250 g/mol. The molecular formula is C15H26N2O. The maximum absolute atomic E-state index is 9.22. The lowest BCUT2D eigenvalue weighted by molar-refractivity contribution is 0.205. The number of aliphatic hydroxyl groups excluding tert-OH is 1. The predicted octanol–water partition coefficient (Wildman–Crippen LogP) is 2.45. The van der Waals surface area contributed by atoms with E-state index in [1.54, 1.807) is 0 Å². The Morgan fingerprint density at radius 2 is 2.17 bits per heavy atom. The molecule has 1 atom stereocenters. The van der Waals surface area contributed by atoms with E-state index < -0.39 is 0 Å². The van der Waals surface area contributed by atoms with Crippen LogP contribution in [0.5, 0.6) is 0 Å². The number of rotatable bonds is 6. The van der Waals surface area contributed by atoms with Crippen LogP contribution in [0.3, 0.4) is 0 Å². The SMILES string of the molecule is Cn1ccc(CNC(CCO)C2CCCCC2)c1. The average molecular weight is 250 g/mol. The van der Waals surface area contributed by atoms with E-state index >= 15 is 0 Å². The van der Waals surface area contributed by atoms with Crippen LogP contribution in [0.1, 0.15) is 44.1 Å². The molecule has 1 unspecified atom stereocenters. The number of aryl methyl sites for hydroxylation is 1. The largest absolute Gasteiger partial charge is 0.396 e. The fraction of sp³-hybridized carbons (Fsp3) is 0.733. The summed E-state index contributed by atoms with van der Waals surface area (Å²) < 4.78 is 2.08. The second-order valence-electron chi connectivity index (χ2n) is 5.58. The lowest BCUT2D eigenvalue weighted by Crippen LogP contribution is -2.37. The van der Waals surface area contributed by atoms with Crippen LogP contribution in [0.4, 0.5) is 0 Å². The van der Waals surface area contributed by atoms with Crippen LogP contribution in [0.2, 0.25) is 0 Å². The first kappa shape index (κ1) is 13.6. The van der Waals surface area contributed by atoms with Crippen LogP contribution in [0.25, 0.3) is 0 Å². The third-order valence-corrected chi connectivity index (χ3v) is 4.12. The van der Waals surface area contributed by atoms with Crippen LogP contribution in [0.15, 0.2) is 18.5 Å². The summed E-state index contributed by atoms with van der Waals surface area (Å²) in [5, 5.41) is 12.9. The molecule has 0 bridgehead atoms. The van der Waals surface area contributed by atoms with Gasteiger partial charge >= 0.3 is 0 Å². The van der Waals surface area contributed by atoms with Gasteiger partial charge in [-0.1, -0.05) is 19.3 Å². The molecule has 2 rings (SSSR count). The van der Waals surface area contributed by atoms with Gasteiger partial charge in [-0.05, 0) is 36.8 Å². The van der Waals surface area contributed by atoms with E-state index in [1.165, 1.54) is 37.7 Å². The highest BCUT2D eigenvalue weighted by atomic mass is 16.3. The van der Waals surface area contributed by atoms with Crippen molar-refractivity contribution in [2.45, 2.75) is 51.1 Å². The Morgan fingerprint density at radius 3 is 2.78 bits per heavy atom. The fourth-order valence-corrected chi connectivity index (χ4v) is 3.09. The Morgan fingerprint density at radius 1 is 1.39 bits per heavy atom. The van der Waals surface area contributed by atoms with Crippen molar-refractivity contribution in [3.05, 3.63) is 24.0 Å².